The highest BCUT2D eigenvalue weighted by Crippen LogP contribution is 2.31. The standard InChI is InChI=1S/C12H11Cl2FN2O/c1-2-4-8(13)11-16-12(18-17-11)7-5-3-6-9(15)10(7)14/h3,5-6,8H,2,4H2,1H3. The Labute approximate surface area is 114 Å². The zero-order chi connectivity index (χ0) is 13.1. The van der Waals surface area contributed by atoms with E-state index in [9.17, 15) is 4.39 Å². The summed E-state index contributed by atoms with van der Waals surface area (Å²) in [6.45, 7) is 2.01. The maximum absolute atomic E-state index is 13.3. The monoisotopic (exact) mass is 288 g/mol. The van der Waals surface area contributed by atoms with Crippen LogP contribution in [-0.2, 0) is 0 Å². The number of nitrogens with zero attached hydrogens (tertiary/aromatic N) is 2. The molecule has 2 rings (SSSR count). The molecule has 1 heterocycles. The number of aromatic nitrogens is 2. The van der Waals surface area contributed by atoms with E-state index in [1.54, 1.807) is 6.07 Å². The van der Waals surface area contributed by atoms with Gasteiger partial charge in [-0.05, 0) is 18.6 Å². The Morgan fingerprint density at radius 3 is 2.94 bits per heavy atom. The predicted molar refractivity (Wildman–Crippen MR) is 68.2 cm³/mol. The van der Waals surface area contributed by atoms with Gasteiger partial charge in [0.1, 0.15) is 5.82 Å². The predicted octanol–water partition coefficient (Wildman–Crippen LogP) is 4.61. The maximum atomic E-state index is 13.3. The van der Waals surface area contributed by atoms with Crippen LogP contribution in [0.25, 0.3) is 11.5 Å². The van der Waals surface area contributed by atoms with Gasteiger partial charge in [0.15, 0.2) is 5.82 Å². The molecule has 0 fully saturated rings. The highest BCUT2D eigenvalue weighted by Gasteiger charge is 2.18. The molecule has 0 radical (unpaired) electrons. The van der Waals surface area contributed by atoms with E-state index in [0.29, 0.717) is 11.4 Å². The Kier molecular flexibility index (Phi) is 4.19. The third-order valence-electron chi connectivity index (χ3n) is 2.45. The molecule has 1 aromatic heterocycles. The Hall–Kier alpha value is -1.13. The normalized spacial score (nSPS) is 12.7. The Morgan fingerprint density at radius 1 is 1.44 bits per heavy atom. The van der Waals surface area contributed by atoms with Crippen molar-refractivity contribution >= 4 is 23.2 Å². The largest absolute Gasteiger partial charge is 0.334 e. The van der Waals surface area contributed by atoms with Crippen LogP contribution in [0.5, 0.6) is 0 Å². The summed E-state index contributed by atoms with van der Waals surface area (Å²) in [5.41, 5.74) is 0.371. The van der Waals surface area contributed by atoms with Gasteiger partial charge in [-0.3, -0.25) is 0 Å². The van der Waals surface area contributed by atoms with Gasteiger partial charge in [-0.2, -0.15) is 4.98 Å². The van der Waals surface area contributed by atoms with Crippen molar-refractivity contribution in [1.29, 1.82) is 0 Å². The smallest absolute Gasteiger partial charge is 0.259 e. The molecule has 0 amide bonds. The topological polar surface area (TPSA) is 38.9 Å². The van der Waals surface area contributed by atoms with E-state index in [1.165, 1.54) is 12.1 Å². The molecule has 2 aromatic rings. The Morgan fingerprint density at radius 2 is 2.22 bits per heavy atom. The fourth-order valence-electron chi connectivity index (χ4n) is 1.52. The lowest BCUT2D eigenvalue weighted by atomic mass is 10.2. The van der Waals surface area contributed by atoms with Gasteiger partial charge in [-0.15, -0.1) is 11.6 Å². The van der Waals surface area contributed by atoms with Crippen LogP contribution in [0.1, 0.15) is 31.0 Å². The first-order chi connectivity index (χ1) is 8.63. The second-order valence-corrected chi connectivity index (χ2v) is 4.72. The van der Waals surface area contributed by atoms with E-state index in [0.717, 1.165) is 12.8 Å². The van der Waals surface area contributed by atoms with Crippen LogP contribution in [0.3, 0.4) is 0 Å². The molecule has 0 aliphatic rings. The molecule has 0 N–H and O–H groups in total. The van der Waals surface area contributed by atoms with E-state index >= 15 is 0 Å². The van der Waals surface area contributed by atoms with E-state index in [1.807, 2.05) is 6.92 Å². The quantitative estimate of drug-likeness (QED) is 0.771. The minimum Gasteiger partial charge on any atom is -0.334 e. The Bertz CT molecular complexity index is 545. The molecule has 0 bridgehead atoms. The summed E-state index contributed by atoms with van der Waals surface area (Å²) in [5, 5.41) is 3.44. The minimum absolute atomic E-state index is 0.0330. The number of benzene rings is 1. The van der Waals surface area contributed by atoms with Gasteiger partial charge < -0.3 is 4.52 Å². The van der Waals surface area contributed by atoms with Gasteiger partial charge in [-0.1, -0.05) is 36.2 Å². The van der Waals surface area contributed by atoms with Gasteiger partial charge >= 0.3 is 0 Å². The summed E-state index contributed by atoms with van der Waals surface area (Å²) in [5.74, 6) is 0.0509. The fourth-order valence-corrected chi connectivity index (χ4v) is 2.04. The number of rotatable bonds is 4. The molecule has 1 atom stereocenters. The van der Waals surface area contributed by atoms with Gasteiger partial charge in [-0.25, -0.2) is 4.39 Å². The van der Waals surface area contributed by atoms with Gasteiger partial charge in [0.2, 0.25) is 0 Å². The van der Waals surface area contributed by atoms with Gasteiger partial charge in [0.25, 0.3) is 5.89 Å². The van der Waals surface area contributed by atoms with Gasteiger partial charge in [0, 0.05) is 0 Å². The molecule has 0 spiro atoms. The lowest BCUT2D eigenvalue weighted by Crippen LogP contribution is -1.92. The summed E-state index contributed by atoms with van der Waals surface area (Å²) in [6, 6.07) is 4.42. The summed E-state index contributed by atoms with van der Waals surface area (Å²) < 4.78 is 18.4. The summed E-state index contributed by atoms with van der Waals surface area (Å²) in [6.07, 6.45) is 1.66. The molecular formula is C12H11Cl2FN2O. The van der Waals surface area contributed by atoms with Crippen LogP contribution in [0.15, 0.2) is 22.7 Å². The average Bonchev–Trinajstić information content (AvgIpc) is 2.82. The molecular weight excluding hydrogens is 278 g/mol. The number of hydrogen-bond donors (Lipinski definition) is 0. The summed E-state index contributed by atoms with van der Waals surface area (Å²) in [7, 11) is 0. The van der Waals surface area contributed by atoms with Crippen molar-refractivity contribution in [3.05, 3.63) is 34.9 Å². The van der Waals surface area contributed by atoms with Crippen molar-refractivity contribution in [2.75, 3.05) is 0 Å². The molecule has 0 saturated carbocycles. The first-order valence-electron chi connectivity index (χ1n) is 5.55. The second-order valence-electron chi connectivity index (χ2n) is 3.82. The first kappa shape index (κ1) is 13.3. The highest BCUT2D eigenvalue weighted by atomic mass is 35.5. The number of alkyl halides is 1. The van der Waals surface area contributed by atoms with Crippen molar-refractivity contribution in [1.82, 2.24) is 10.1 Å². The molecule has 0 saturated heterocycles. The zero-order valence-electron chi connectivity index (χ0n) is 9.66. The summed E-state index contributed by atoms with van der Waals surface area (Å²) >= 11 is 11.9. The minimum atomic E-state index is -0.523. The molecule has 1 aromatic carbocycles. The maximum Gasteiger partial charge on any atom is 0.259 e. The van der Waals surface area contributed by atoms with E-state index in [2.05, 4.69) is 10.1 Å². The second kappa shape index (κ2) is 5.67. The average molecular weight is 289 g/mol. The molecule has 0 aliphatic carbocycles. The number of hydrogen-bond acceptors (Lipinski definition) is 3. The van der Waals surface area contributed by atoms with Crippen LogP contribution in [0, 0.1) is 5.82 Å². The number of halogens is 3. The molecule has 6 heteroatoms. The van der Waals surface area contributed by atoms with Crippen molar-refractivity contribution in [3.63, 3.8) is 0 Å². The third-order valence-corrected chi connectivity index (χ3v) is 3.24. The lowest BCUT2D eigenvalue weighted by molar-refractivity contribution is 0.420. The zero-order valence-corrected chi connectivity index (χ0v) is 11.2. The Balaban J connectivity index is 2.32. The van der Waals surface area contributed by atoms with Crippen molar-refractivity contribution in [2.24, 2.45) is 0 Å². The van der Waals surface area contributed by atoms with Crippen LogP contribution >= 0.6 is 23.2 Å². The summed E-state index contributed by atoms with van der Waals surface area (Å²) in [4.78, 5) is 4.14. The van der Waals surface area contributed by atoms with Crippen LogP contribution in [-0.4, -0.2) is 10.1 Å². The highest BCUT2D eigenvalue weighted by molar-refractivity contribution is 6.33. The SMILES string of the molecule is CCCC(Cl)c1noc(-c2cccc(F)c2Cl)n1. The van der Waals surface area contributed by atoms with Crippen LogP contribution in [0.2, 0.25) is 5.02 Å². The van der Waals surface area contributed by atoms with Crippen LogP contribution in [0.4, 0.5) is 4.39 Å². The fraction of sp³-hybridized carbons (Fsp3) is 0.333. The van der Waals surface area contributed by atoms with E-state index in [-0.39, 0.29) is 16.3 Å². The van der Waals surface area contributed by atoms with Crippen molar-refractivity contribution < 1.29 is 8.91 Å². The van der Waals surface area contributed by atoms with Gasteiger partial charge in [0.05, 0.1) is 16.0 Å². The third kappa shape index (κ3) is 2.65. The van der Waals surface area contributed by atoms with Crippen molar-refractivity contribution in [3.8, 4) is 11.5 Å². The molecule has 3 nitrogen and oxygen atoms in total. The van der Waals surface area contributed by atoms with Crippen molar-refractivity contribution in [2.45, 2.75) is 25.1 Å². The molecule has 96 valence electrons. The van der Waals surface area contributed by atoms with Crippen LogP contribution < -0.4 is 0 Å². The van der Waals surface area contributed by atoms with E-state index in [4.69, 9.17) is 27.7 Å². The molecule has 0 aliphatic heterocycles. The first-order valence-corrected chi connectivity index (χ1v) is 6.37. The van der Waals surface area contributed by atoms with E-state index < -0.39 is 5.82 Å². The molecule has 1 unspecified atom stereocenters. The lowest BCUT2D eigenvalue weighted by Gasteiger charge is -2.00. The molecule has 18 heavy (non-hydrogen) atoms.